The quantitative estimate of drug-likeness (QED) is 0.555. The summed E-state index contributed by atoms with van der Waals surface area (Å²) in [5.41, 5.74) is 3.07. The predicted octanol–water partition coefficient (Wildman–Crippen LogP) is 4.93. The maximum absolute atomic E-state index is 8.81. The first kappa shape index (κ1) is 18.2. The number of oxazole rings is 1. The minimum atomic E-state index is 0.278. The molecule has 1 aromatic heterocycles. The Hall–Kier alpha value is -2.59. The lowest BCUT2D eigenvalue weighted by Gasteiger charge is -2.06. The van der Waals surface area contributed by atoms with E-state index in [9.17, 15) is 0 Å². The summed E-state index contributed by atoms with van der Waals surface area (Å²) in [6, 6.07) is 18.1. The Balaban J connectivity index is 1.55. The zero-order valence-electron chi connectivity index (χ0n) is 15.1. The summed E-state index contributed by atoms with van der Waals surface area (Å²) in [4.78, 5) is 4.56. The van der Waals surface area contributed by atoms with Crippen molar-refractivity contribution in [2.24, 2.45) is 0 Å². The van der Waals surface area contributed by atoms with Gasteiger partial charge in [-0.3, -0.25) is 0 Å². The van der Waals surface area contributed by atoms with Gasteiger partial charge in [-0.25, -0.2) is 4.98 Å². The van der Waals surface area contributed by atoms with Crippen LogP contribution < -0.4 is 4.74 Å². The summed E-state index contributed by atoms with van der Waals surface area (Å²) in [7, 11) is 0. The number of hydrogen-bond acceptors (Lipinski definition) is 4. The number of benzene rings is 2. The molecule has 3 rings (SSSR count). The highest BCUT2D eigenvalue weighted by Crippen LogP contribution is 2.23. The molecule has 136 valence electrons. The largest absolute Gasteiger partial charge is 0.487 e. The number of nitrogens with zero attached hydrogens (tertiary/aromatic N) is 1. The zero-order valence-corrected chi connectivity index (χ0v) is 15.1. The van der Waals surface area contributed by atoms with E-state index < -0.39 is 0 Å². The Bertz CT molecular complexity index is 794. The molecule has 4 heteroatoms. The SMILES string of the molecule is Cc1oc(-c2ccccc2)nc1COc1ccc(CCCCCO)cc1. The van der Waals surface area contributed by atoms with Gasteiger partial charge in [0.05, 0.1) is 0 Å². The zero-order chi connectivity index (χ0) is 18.2. The lowest BCUT2D eigenvalue weighted by atomic mass is 10.1. The average molecular weight is 351 g/mol. The van der Waals surface area contributed by atoms with Crippen LogP contribution in [0.15, 0.2) is 59.0 Å². The van der Waals surface area contributed by atoms with E-state index in [-0.39, 0.29) is 6.61 Å². The van der Waals surface area contributed by atoms with E-state index in [1.807, 2.05) is 49.4 Å². The molecule has 0 fully saturated rings. The number of aromatic nitrogens is 1. The van der Waals surface area contributed by atoms with Crippen LogP contribution in [0.1, 0.15) is 36.3 Å². The van der Waals surface area contributed by atoms with Crippen molar-refractivity contribution in [3.63, 3.8) is 0 Å². The molecule has 0 unspecified atom stereocenters. The number of rotatable bonds is 9. The number of unbranched alkanes of at least 4 members (excludes halogenated alkanes) is 2. The first-order valence-corrected chi connectivity index (χ1v) is 9.10. The van der Waals surface area contributed by atoms with Crippen LogP contribution in [0, 0.1) is 6.92 Å². The molecular formula is C22H25NO3. The molecule has 0 bridgehead atoms. The highest BCUT2D eigenvalue weighted by atomic mass is 16.5. The highest BCUT2D eigenvalue weighted by Gasteiger charge is 2.11. The molecule has 0 saturated heterocycles. The molecule has 3 aromatic rings. The minimum Gasteiger partial charge on any atom is -0.487 e. The maximum Gasteiger partial charge on any atom is 0.226 e. The van der Waals surface area contributed by atoms with E-state index >= 15 is 0 Å². The second-order valence-corrected chi connectivity index (χ2v) is 6.35. The number of aliphatic hydroxyl groups is 1. The number of aliphatic hydroxyl groups excluding tert-OH is 1. The summed E-state index contributed by atoms with van der Waals surface area (Å²) >= 11 is 0. The first-order valence-electron chi connectivity index (χ1n) is 9.10. The number of hydrogen-bond donors (Lipinski definition) is 1. The predicted molar refractivity (Wildman–Crippen MR) is 102 cm³/mol. The molecule has 2 aromatic carbocycles. The third-order valence-electron chi connectivity index (χ3n) is 4.34. The van der Waals surface area contributed by atoms with Crippen LogP contribution >= 0.6 is 0 Å². The average Bonchev–Trinajstić information content (AvgIpc) is 3.06. The van der Waals surface area contributed by atoms with Crippen LogP contribution in [0.25, 0.3) is 11.5 Å². The Labute approximate surface area is 154 Å². The van der Waals surface area contributed by atoms with Gasteiger partial charge in [0.1, 0.15) is 23.8 Å². The van der Waals surface area contributed by atoms with Gasteiger partial charge < -0.3 is 14.3 Å². The molecule has 26 heavy (non-hydrogen) atoms. The van der Waals surface area contributed by atoms with E-state index in [1.165, 1.54) is 5.56 Å². The molecule has 4 nitrogen and oxygen atoms in total. The highest BCUT2D eigenvalue weighted by molar-refractivity contribution is 5.53. The van der Waals surface area contributed by atoms with Gasteiger partial charge in [-0.2, -0.15) is 0 Å². The Morgan fingerprint density at radius 3 is 2.46 bits per heavy atom. The molecule has 0 saturated carbocycles. The molecular weight excluding hydrogens is 326 g/mol. The summed E-state index contributed by atoms with van der Waals surface area (Å²) in [5, 5.41) is 8.81. The van der Waals surface area contributed by atoms with Gasteiger partial charge in [0.2, 0.25) is 5.89 Å². The fraction of sp³-hybridized carbons (Fsp3) is 0.318. The van der Waals surface area contributed by atoms with Crippen LogP contribution in [0.4, 0.5) is 0 Å². The smallest absolute Gasteiger partial charge is 0.226 e. The van der Waals surface area contributed by atoms with Gasteiger partial charge in [0.25, 0.3) is 0 Å². The molecule has 0 amide bonds. The Morgan fingerprint density at radius 2 is 1.73 bits per heavy atom. The molecule has 0 radical (unpaired) electrons. The Kier molecular flexibility index (Phi) is 6.45. The van der Waals surface area contributed by atoms with Crippen molar-refractivity contribution in [2.45, 2.75) is 39.2 Å². The molecule has 0 aliphatic heterocycles. The standard InChI is InChI=1S/C22H25NO3/c1-17-21(23-22(26-17)19-9-5-2-6-10-19)16-25-20-13-11-18(12-14-20)8-4-3-7-15-24/h2,5-6,9-14,24H,3-4,7-8,15-16H2,1H3. The van der Waals surface area contributed by atoms with E-state index in [4.69, 9.17) is 14.3 Å². The fourth-order valence-electron chi connectivity index (χ4n) is 2.79. The molecule has 1 N–H and O–H groups in total. The van der Waals surface area contributed by atoms with Gasteiger partial charge in [0.15, 0.2) is 0 Å². The van der Waals surface area contributed by atoms with Crippen molar-refractivity contribution < 1.29 is 14.3 Å². The van der Waals surface area contributed by atoms with Gasteiger partial charge >= 0.3 is 0 Å². The Morgan fingerprint density at radius 1 is 0.962 bits per heavy atom. The molecule has 0 spiro atoms. The minimum absolute atomic E-state index is 0.278. The van der Waals surface area contributed by atoms with E-state index in [0.29, 0.717) is 12.5 Å². The van der Waals surface area contributed by atoms with Gasteiger partial charge in [-0.15, -0.1) is 0 Å². The van der Waals surface area contributed by atoms with Crippen molar-refractivity contribution in [1.82, 2.24) is 4.98 Å². The number of aryl methyl sites for hydroxylation is 2. The van der Waals surface area contributed by atoms with Crippen molar-refractivity contribution in [3.05, 3.63) is 71.6 Å². The van der Waals surface area contributed by atoms with Crippen molar-refractivity contribution >= 4 is 0 Å². The maximum atomic E-state index is 8.81. The van der Waals surface area contributed by atoms with Crippen molar-refractivity contribution in [3.8, 4) is 17.2 Å². The van der Waals surface area contributed by atoms with E-state index in [2.05, 4.69) is 17.1 Å². The fourth-order valence-corrected chi connectivity index (χ4v) is 2.79. The van der Waals surface area contributed by atoms with Crippen molar-refractivity contribution in [2.75, 3.05) is 6.61 Å². The second kappa shape index (κ2) is 9.20. The molecule has 0 atom stereocenters. The topological polar surface area (TPSA) is 55.5 Å². The second-order valence-electron chi connectivity index (χ2n) is 6.35. The van der Waals surface area contributed by atoms with Gasteiger partial charge in [0, 0.05) is 12.2 Å². The lowest BCUT2D eigenvalue weighted by molar-refractivity contribution is 0.283. The van der Waals surface area contributed by atoms with Crippen LogP contribution in [0.5, 0.6) is 5.75 Å². The third-order valence-corrected chi connectivity index (χ3v) is 4.34. The lowest BCUT2D eigenvalue weighted by Crippen LogP contribution is -1.98. The van der Waals surface area contributed by atoms with Crippen LogP contribution in [-0.2, 0) is 13.0 Å². The summed E-state index contributed by atoms with van der Waals surface area (Å²) in [6.45, 7) is 2.58. The summed E-state index contributed by atoms with van der Waals surface area (Å²) in [6.07, 6.45) is 4.07. The summed E-state index contributed by atoms with van der Waals surface area (Å²) < 4.78 is 11.6. The van der Waals surface area contributed by atoms with Crippen LogP contribution in [-0.4, -0.2) is 16.7 Å². The molecule has 0 aliphatic carbocycles. The van der Waals surface area contributed by atoms with Crippen LogP contribution in [0.2, 0.25) is 0 Å². The number of ether oxygens (including phenoxy) is 1. The van der Waals surface area contributed by atoms with Crippen molar-refractivity contribution in [1.29, 1.82) is 0 Å². The normalized spacial score (nSPS) is 10.8. The van der Waals surface area contributed by atoms with E-state index in [0.717, 1.165) is 48.5 Å². The van der Waals surface area contributed by atoms with E-state index in [1.54, 1.807) is 0 Å². The third kappa shape index (κ3) is 4.96. The first-order chi connectivity index (χ1) is 12.8. The monoisotopic (exact) mass is 351 g/mol. The molecule has 1 heterocycles. The van der Waals surface area contributed by atoms with Gasteiger partial charge in [-0.1, -0.05) is 36.8 Å². The van der Waals surface area contributed by atoms with Crippen LogP contribution in [0.3, 0.4) is 0 Å². The molecule has 0 aliphatic rings. The van der Waals surface area contributed by atoms with Gasteiger partial charge in [-0.05, 0) is 56.0 Å². The summed E-state index contributed by atoms with van der Waals surface area (Å²) in [5.74, 6) is 2.23.